The van der Waals surface area contributed by atoms with E-state index in [1.165, 1.54) is 0 Å². The molecule has 0 saturated heterocycles. The molecular formula is C27H21NO. The Kier molecular flexibility index (Phi) is 4.55. The molecule has 2 nitrogen and oxygen atoms in total. The number of rotatable bonds is 4. The van der Waals surface area contributed by atoms with Gasteiger partial charge >= 0.3 is 0 Å². The average Bonchev–Trinajstić information content (AvgIpc) is 3.24. The van der Waals surface area contributed by atoms with Crippen LogP contribution in [0.1, 0.15) is 28.4 Å². The molecule has 4 aromatic carbocycles. The van der Waals surface area contributed by atoms with Crippen molar-refractivity contribution in [3.8, 4) is 0 Å². The summed E-state index contributed by atoms with van der Waals surface area (Å²) in [5, 5.41) is 0. The van der Waals surface area contributed by atoms with Gasteiger partial charge in [-0.05, 0) is 11.1 Å². The van der Waals surface area contributed by atoms with Crippen molar-refractivity contribution in [2.75, 3.05) is 0 Å². The standard InChI is InChI=1S/C27H21NO/c1-5-13-21(14-6-1)25-26(22-15-7-2-8-16-22)29-27(28-25,23-17-9-3-10-18-23)24-19-11-4-12-20-24/h1-20,26H. The first-order valence-corrected chi connectivity index (χ1v) is 9.86. The molecule has 0 aromatic heterocycles. The van der Waals surface area contributed by atoms with Gasteiger partial charge in [0.25, 0.3) is 0 Å². The van der Waals surface area contributed by atoms with E-state index in [1.807, 2.05) is 72.8 Å². The zero-order valence-corrected chi connectivity index (χ0v) is 16.0. The summed E-state index contributed by atoms with van der Waals surface area (Å²) in [5.74, 6) is 0. The topological polar surface area (TPSA) is 21.6 Å². The Balaban J connectivity index is 1.75. The van der Waals surface area contributed by atoms with Crippen molar-refractivity contribution in [3.05, 3.63) is 144 Å². The van der Waals surface area contributed by atoms with Crippen LogP contribution < -0.4 is 0 Å². The summed E-state index contributed by atoms with van der Waals surface area (Å²) in [6.45, 7) is 0. The molecule has 1 heterocycles. The van der Waals surface area contributed by atoms with Gasteiger partial charge in [-0.25, -0.2) is 4.99 Å². The fourth-order valence-corrected chi connectivity index (χ4v) is 3.92. The van der Waals surface area contributed by atoms with Crippen molar-refractivity contribution in [3.63, 3.8) is 0 Å². The molecule has 1 aliphatic rings. The second-order valence-corrected chi connectivity index (χ2v) is 7.15. The minimum atomic E-state index is -0.881. The molecule has 0 amide bonds. The van der Waals surface area contributed by atoms with Gasteiger partial charge in [-0.15, -0.1) is 0 Å². The van der Waals surface area contributed by atoms with Gasteiger partial charge in [-0.2, -0.15) is 0 Å². The smallest absolute Gasteiger partial charge is 0.212 e. The predicted molar refractivity (Wildman–Crippen MR) is 117 cm³/mol. The molecule has 0 saturated carbocycles. The van der Waals surface area contributed by atoms with E-state index in [4.69, 9.17) is 9.73 Å². The average molecular weight is 375 g/mol. The summed E-state index contributed by atoms with van der Waals surface area (Å²) in [7, 11) is 0. The van der Waals surface area contributed by atoms with Crippen LogP contribution in [0.2, 0.25) is 0 Å². The molecule has 5 rings (SSSR count). The number of aliphatic imine (C=N–C) groups is 1. The molecule has 1 aliphatic heterocycles. The lowest BCUT2D eigenvalue weighted by Crippen LogP contribution is -2.26. The number of nitrogens with zero attached hydrogens (tertiary/aromatic N) is 1. The lowest BCUT2D eigenvalue weighted by molar-refractivity contribution is -0.0175. The van der Waals surface area contributed by atoms with Crippen LogP contribution in [0.25, 0.3) is 0 Å². The Morgan fingerprint density at radius 1 is 0.552 bits per heavy atom. The molecule has 0 fully saturated rings. The third kappa shape index (κ3) is 3.18. The SMILES string of the molecule is c1ccc(C2=NC(c3ccccc3)(c3ccccc3)OC2c2ccccc2)cc1. The molecule has 1 atom stereocenters. The van der Waals surface area contributed by atoms with Crippen LogP contribution in [0.4, 0.5) is 0 Å². The van der Waals surface area contributed by atoms with Gasteiger partial charge in [-0.1, -0.05) is 121 Å². The van der Waals surface area contributed by atoms with Gasteiger partial charge in [0.2, 0.25) is 5.72 Å². The third-order valence-corrected chi connectivity index (χ3v) is 5.32. The molecule has 29 heavy (non-hydrogen) atoms. The fourth-order valence-electron chi connectivity index (χ4n) is 3.92. The molecule has 140 valence electrons. The predicted octanol–water partition coefficient (Wildman–Crippen LogP) is 6.15. The van der Waals surface area contributed by atoms with Gasteiger partial charge in [0.15, 0.2) is 0 Å². The maximum atomic E-state index is 6.87. The quantitative estimate of drug-likeness (QED) is 0.419. The normalized spacial score (nSPS) is 17.7. The van der Waals surface area contributed by atoms with Gasteiger partial charge in [-0.3, -0.25) is 0 Å². The lowest BCUT2D eigenvalue weighted by Gasteiger charge is -2.28. The van der Waals surface area contributed by atoms with Crippen molar-refractivity contribution >= 4 is 5.71 Å². The minimum absolute atomic E-state index is 0.251. The molecule has 4 aromatic rings. The van der Waals surface area contributed by atoms with Gasteiger partial charge in [0.1, 0.15) is 6.10 Å². The second kappa shape index (κ2) is 7.50. The van der Waals surface area contributed by atoms with Gasteiger partial charge in [0, 0.05) is 11.1 Å². The van der Waals surface area contributed by atoms with E-state index >= 15 is 0 Å². The van der Waals surface area contributed by atoms with E-state index in [9.17, 15) is 0 Å². The van der Waals surface area contributed by atoms with Crippen LogP contribution in [0.5, 0.6) is 0 Å². The first kappa shape index (κ1) is 17.6. The fraction of sp³-hybridized carbons (Fsp3) is 0.0741. The van der Waals surface area contributed by atoms with Crippen LogP contribution in [0.3, 0.4) is 0 Å². The minimum Gasteiger partial charge on any atom is -0.331 e. The van der Waals surface area contributed by atoms with E-state index in [0.717, 1.165) is 28.0 Å². The number of benzene rings is 4. The van der Waals surface area contributed by atoms with Gasteiger partial charge in [0.05, 0.1) is 5.71 Å². The second-order valence-electron chi connectivity index (χ2n) is 7.15. The first-order valence-electron chi connectivity index (χ1n) is 9.86. The van der Waals surface area contributed by atoms with E-state index in [2.05, 4.69) is 48.5 Å². The van der Waals surface area contributed by atoms with Crippen LogP contribution in [-0.4, -0.2) is 5.71 Å². The van der Waals surface area contributed by atoms with Crippen molar-refractivity contribution in [2.45, 2.75) is 11.8 Å². The van der Waals surface area contributed by atoms with Crippen molar-refractivity contribution < 1.29 is 4.74 Å². The van der Waals surface area contributed by atoms with E-state index in [1.54, 1.807) is 0 Å². The number of ether oxygens (including phenoxy) is 1. The summed E-state index contributed by atoms with van der Waals surface area (Å²) in [6, 6.07) is 41.2. The zero-order chi connectivity index (χ0) is 19.5. The number of hydrogen-bond acceptors (Lipinski definition) is 2. The van der Waals surface area contributed by atoms with Crippen molar-refractivity contribution in [1.29, 1.82) is 0 Å². The lowest BCUT2D eigenvalue weighted by atomic mass is 9.95. The molecule has 0 spiro atoms. The van der Waals surface area contributed by atoms with E-state index in [0.29, 0.717) is 0 Å². The summed E-state index contributed by atoms with van der Waals surface area (Å²) in [4.78, 5) is 5.28. The highest BCUT2D eigenvalue weighted by molar-refractivity contribution is 6.05. The summed E-state index contributed by atoms with van der Waals surface area (Å²) in [6.07, 6.45) is -0.251. The van der Waals surface area contributed by atoms with Crippen molar-refractivity contribution in [2.24, 2.45) is 4.99 Å². The summed E-state index contributed by atoms with van der Waals surface area (Å²) in [5.41, 5.74) is 4.30. The molecular weight excluding hydrogens is 354 g/mol. The summed E-state index contributed by atoms with van der Waals surface area (Å²) < 4.78 is 6.87. The highest BCUT2D eigenvalue weighted by Crippen LogP contribution is 2.46. The highest BCUT2D eigenvalue weighted by Gasteiger charge is 2.45. The Labute approximate surface area is 171 Å². The number of hydrogen-bond donors (Lipinski definition) is 0. The molecule has 0 N–H and O–H groups in total. The van der Waals surface area contributed by atoms with Crippen LogP contribution >= 0.6 is 0 Å². The maximum Gasteiger partial charge on any atom is 0.212 e. The van der Waals surface area contributed by atoms with Crippen LogP contribution in [0, 0.1) is 0 Å². The molecule has 2 heteroatoms. The molecule has 1 unspecified atom stereocenters. The molecule has 0 bridgehead atoms. The van der Waals surface area contributed by atoms with Crippen molar-refractivity contribution in [1.82, 2.24) is 0 Å². The first-order chi connectivity index (χ1) is 14.4. The molecule has 0 aliphatic carbocycles. The maximum absolute atomic E-state index is 6.87. The largest absolute Gasteiger partial charge is 0.331 e. The monoisotopic (exact) mass is 375 g/mol. The summed E-state index contributed by atoms with van der Waals surface area (Å²) >= 11 is 0. The third-order valence-electron chi connectivity index (χ3n) is 5.32. The Hall–Kier alpha value is -3.49. The Bertz CT molecular complexity index is 1070. The van der Waals surface area contributed by atoms with E-state index in [-0.39, 0.29) is 6.10 Å². The van der Waals surface area contributed by atoms with E-state index < -0.39 is 5.72 Å². The van der Waals surface area contributed by atoms with Crippen LogP contribution in [0.15, 0.2) is 126 Å². The zero-order valence-electron chi connectivity index (χ0n) is 16.0. The highest BCUT2D eigenvalue weighted by atomic mass is 16.5. The van der Waals surface area contributed by atoms with Gasteiger partial charge < -0.3 is 4.74 Å². The van der Waals surface area contributed by atoms with Crippen LogP contribution in [-0.2, 0) is 10.5 Å². The molecule has 0 radical (unpaired) electrons. The Morgan fingerprint density at radius 2 is 1.00 bits per heavy atom. The Morgan fingerprint density at radius 3 is 1.52 bits per heavy atom.